The van der Waals surface area contributed by atoms with Crippen LogP contribution in [0.2, 0.25) is 0 Å². The van der Waals surface area contributed by atoms with Crippen LogP contribution in [0.25, 0.3) is 0 Å². The molecule has 0 aromatic carbocycles. The predicted octanol–water partition coefficient (Wildman–Crippen LogP) is 2.65. The van der Waals surface area contributed by atoms with E-state index < -0.39 is 30.9 Å². The molecule has 0 saturated heterocycles. The molecule has 0 fully saturated rings. The summed E-state index contributed by atoms with van der Waals surface area (Å²) in [5, 5.41) is 3.54. The molecule has 5 nitrogen and oxygen atoms in total. The molecule has 1 aromatic rings. The molecule has 0 aliphatic heterocycles. The van der Waals surface area contributed by atoms with Crippen LogP contribution in [0.15, 0.2) is 12.3 Å². The Morgan fingerprint density at radius 2 is 2.11 bits per heavy atom. The van der Waals surface area contributed by atoms with Crippen molar-refractivity contribution < 1.29 is 27.4 Å². The van der Waals surface area contributed by atoms with Gasteiger partial charge >= 0.3 is 6.09 Å². The number of ether oxygens (including phenoxy) is 2. The van der Waals surface area contributed by atoms with Crippen molar-refractivity contribution in [2.24, 2.45) is 0 Å². The Labute approximate surface area is 108 Å². The molecule has 0 aliphatic rings. The van der Waals surface area contributed by atoms with Crippen LogP contribution in [0.4, 0.5) is 18.0 Å². The van der Waals surface area contributed by atoms with Gasteiger partial charge in [0.15, 0.2) is 6.17 Å². The van der Waals surface area contributed by atoms with Gasteiger partial charge in [-0.2, -0.15) is 9.07 Å². The van der Waals surface area contributed by atoms with Gasteiger partial charge in [0.1, 0.15) is 12.3 Å². The second-order valence-electron chi connectivity index (χ2n) is 4.72. The van der Waals surface area contributed by atoms with E-state index in [4.69, 9.17) is 4.74 Å². The summed E-state index contributed by atoms with van der Waals surface area (Å²) < 4.78 is 47.6. The van der Waals surface area contributed by atoms with Crippen molar-refractivity contribution in [2.75, 3.05) is 6.67 Å². The molecule has 0 radical (unpaired) electrons. The van der Waals surface area contributed by atoms with Gasteiger partial charge in [-0.1, -0.05) is 0 Å². The average molecular weight is 280 g/mol. The molecule has 0 bridgehead atoms. The Kier molecular flexibility index (Phi) is 4.79. The molecular weight excluding hydrogens is 265 g/mol. The third kappa shape index (κ3) is 4.80. The molecular formula is C11H15F3N2O3. The van der Waals surface area contributed by atoms with Crippen LogP contribution in [0.5, 0.6) is 5.88 Å². The third-order valence-corrected chi connectivity index (χ3v) is 1.81. The van der Waals surface area contributed by atoms with E-state index in [0.29, 0.717) is 0 Å². The summed E-state index contributed by atoms with van der Waals surface area (Å²) in [5.74, 6) is -0.338. The van der Waals surface area contributed by atoms with Crippen molar-refractivity contribution in [3.63, 3.8) is 0 Å². The van der Waals surface area contributed by atoms with E-state index in [1.165, 1.54) is 6.20 Å². The lowest BCUT2D eigenvalue weighted by atomic mass is 10.2. The fourth-order valence-electron chi connectivity index (χ4n) is 1.04. The van der Waals surface area contributed by atoms with Crippen LogP contribution in [-0.2, 0) is 4.74 Å². The predicted molar refractivity (Wildman–Crippen MR) is 60.3 cm³/mol. The van der Waals surface area contributed by atoms with E-state index in [2.05, 4.69) is 9.84 Å². The first-order chi connectivity index (χ1) is 8.73. The Balaban J connectivity index is 2.64. The average Bonchev–Trinajstić information content (AvgIpc) is 2.74. The molecule has 0 saturated carbocycles. The smallest absolute Gasteiger partial charge is 0.435 e. The van der Waals surface area contributed by atoms with E-state index in [1.54, 1.807) is 20.8 Å². The first-order valence-corrected chi connectivity index (χ1v) is 5.52. The molecule has 1 rings (SSSR count). The van der Waals surface area contributed by atoms with E-state index in [-0.39, 0.29) is 5.88 Å². The molecule has 0 spiro atoms. The first-order valence-electron chi connectivity index (χ1n) is 5.52. The van der Waals surface area contributed by atoms with Crippen LogP contribution in [0.3, 0.4) is 0 Å². The van der Waals surface area contributed by atoms with Crippen LogP contribution in [-0.4, -0.2) is 40.7 Å². The van der Waals surface area contributed by atoms with Gasteiger partial charge in [-0.05, 0) is 20.8 Å². The standard InChI is InChI=1S/C11H15F3N2O3/c1-11(2,3)19-10(17)16-5-4-8(15-16)18-9(14)7(13)6-12/h4-5,7,9H,6H2,1-3H3. The molecule has 0 N–H and O–H groups in total. The Bertz CT molecular complexity index is 431. The Hall–Kier alpha value is -1.73. The summed E-state index contributed by atoms with van der Waals surface area (Å²) in [6.45, 7) is 3.49. The van der Waals surface area contributed by atoms with Gasteiger partial charge in [-0.25, -0.2) is 13.6 Å². The van der Waals surface area contributed by atoms with E-state index in [0.717, 1.165) is 10.7 Å². The molecule has 2 unspecified atom stereocenters. The number of carbonyl (C=O) groups excluding carboxylic acids is 1. The lowest BCUT2D eigenvalue weighted by Crippen LogP contribution is -2.28. The molecule has 0 amide bonds. The summed E-state index contributed by atoms with van der Waals surface area (Å²) in [4.78, 5) is 11.5. The monoisotopic (exact) mass is 280 g/mol. The van der Waals surface area contributed by atoms with Crippen molar-refractivity contribution in [1.82, 2.24) is 9.78 Å². The number of halogens is 3. The molecule has 108 valence electrons. The first kappa shape index (κ1) is 15.3. The van der Waals surface area contributed by atoms with Crippen molar-refractivity contribution in [2.45, 2.75) is 38.9 Å². The van der Waals surface area contributed by atoms with Crippen LogP contribution < -0.4 is 4.74 Å². The number of aromatic nitrogens is 2. The van der Waals surface area contributed by atoms with Crippen molar-refractivity contribution in [3.05, 3.63) is 12.3 Å². The van der Waals surface area contributed by atoms with Gasteiger partial charge in [-0.15, -0.1) is 5.10 Å². The quantitative estimate of drug-likeness (QED) is 0.850. The SMILES string of the molecule is CC(C)(C)OC(=O)n1ccc(OC(F)C(F)CF)n1. The van der Waals surface area contributed by atoms with Gasteiger partial charge < -0.3 is 9.47 Å². The van der Waals surface area contributed by atoms with Gasteiger partial charge in [0.25, 0.3) is 6.36 Å². The zero-order valence-corrected chi connectivity index (χ0v) is 10.8. The second-order valence-corrected chi connectivity index (χ2v) is 4.72. The van der Waals surface area contributed by atoms with E-state index in [9.17, 15) is 18.0 Å². The zero-order valence-electron chi connectivity index (χ0n) is 10.8. The number of nitrogens with zero attached hydrogens (tertiary/aromatic N) is 2. The highest BCUT2D eigenvalue weighted by Gasteiger charge is 2.24. The highest BCUT2D eigenvalue weighted by atomic mass is 19.2. The number of alkyl halides is 3. The maximum Gasteiger partial charge on any atom is 0.435 e. The van der Waals surface area contributed by atoms with Gasteiger partial charge in [0.2, 0.25) is 5.88 Å². The number of carbonyl (C=O) groups is 1. The lowest BCUT2D eigenvalue weighted by Gasteiger charge is -2.18. The minimum absolute atomic E-state index is 0.338. The lowest BCUT2D eigenvalue weighted by molar-refractivity contribution is -0.0183. The number of hydrogen-bond donors (Lipinski definition) is 0. The molecule has 2 atom stereocenters. The van der Waals surface area contributed by atoms with Crippen LogP contribution in [0, 0.1) is 0 Å². The van der Waals surface area contributed by atoms with E-state index >= 15 is 0 Å². The van der Waals surface area contributed by atoms with Crippen molar-refractivity contribution in [3.8, 4) is 5.88 Å². The summed E-state index contributed by atoms with van der Waals surface area (Å²) in [6.07, 6.45) is -4.50. The normalized spacial score (nSPS) is 14.8. The number of rotatable bonds is 4. The highest BCUT2D eigenvalue weighted by Crippen LogP contribution is 2.15. The zero-order chi connectivity index (χ0) is 14.6. The van der Waals surface area contributed by atoms with Crippen LogP contribution in [0.1, 0.15) is 20.8 Å². The van der Waals surface area contributed by atoms with Crippen molar-refractivity contribution in [1.29, 1.82) is 0 Å². The molecule has 8 heteroatoms. The minimum atomic E-state index is -2.48. The van der Waals surface area contributed by atoms with Crippen molar-refractivity contribution >= 4 is 6.09 Å². The topological polar surface area (TPSA) is 53.4 Å². The highest BCUT2D eigenvalue weighted by molar-refractivity contribution is 5.69. The molecule has 1 aromatic heterocycles. The largest absolute Gasteiger partial charge is 0.442 e. The maximum atomic E-state index is 13.0. The summed E-state index contributed by atoms with van der Waals surface area (Å²) in [6, 6.07) is 1.14. The fourth-order valence-corrected chi connectivity index (χ4v) is 1.04. The summed E-state index contributed by atoms with van der Waals surface area (Å²) in [7, 11) is 0. The molecule has 0 aliphatic carbocycles. The van der Waals surface area contributed by atoms with Crippen LogP contribution >= 0.6 is 0 Å². The van der Waals surface area contributed by atoms with Gasteiger partial charge in [-0.3, -0.25) is 0 Å². The Morgan fingerprint density at radius 3 is 2.63 bits per heavy atom. The second kappa shape index (κ2) is 5.94. The summed E-state index contributed by atoms with van der Waals surface area (Å²) in [5.41, 5.74) is -0.717. The minimum Gasteiger partial charge on any atom is -0.442 e. The van der Waals surface area contributed by atoms with E-state index in [1.807, 2.05) is 0 Å². The number of hydrogen-bond acceptors (Lipinski definition) is 4. The maximum absolute atomic E-state index is 13.0. The third-order valence-electron chi connectivity index (χ3n) is 1.81. The van der Waals surface area contributed by atoms with Gasteiger partial charge in [0.05, 0.1) is 0 Å². The Morgan fingerprint density at radius 1 is 1.47 bits per heavy atom. The molecule has 19 heavy (non-hydrogen) atoms. The molecule has 1 heterocycles. The van der Waals surface area contributed by atoms with Gasteiger partial charge in [0, 0.05) is 12.3 Å². The summed E-state index contributed by atoms with van der Waals surface area (Å²) >= 11 is 0. The fraction of sp³-hybridized carbons (Fsp3) is 0.636.